The maximum Gasteiger partial charge on any atom is 0.317 e. The molecule has 0 aliphatic rings. The highest BCUT2D eigenvalue weighted by Crippen LogP contribution is 2.32. The van der Waals surface area contributed by atoms with Gasteiger partial charge in [-0.05, 0) is 18.9 Å². The van der Waals surface area contributed by atoms with Crippen LogP contribution in [0.5, 0.6) is 0 Å². The summed E-state index contributed by atoms with van der Waals surface area (Å²) in [6, 6.07) is 0.635. The fourth-order valence-corrected chi connectivity index (χ4v) is 1.93. The maximum absolute atomic E-state index is 13.5. The van der Waals surface area contributed by atoms with Crippen LogP contribution in [0.3, 0.4) is 0 Å². The fraction of sp³-hybridized carbons (Fsp3) is 0.385. The molecule has 1 rings (SSSR count). The molecule has 0 unspecified atom stereocenters. The van der Waals surface area contributed by atoms with Gasteiger partial charge in [0.05, 0.1) is 5.56 Å². The molecule has 0 saturated heterocycles. The van der Waals surface area contributed by atoms with E-state index in [0.29, 0.717) is 6.07 Å². The minimum absolute atomic E-state index is 0.0733. The van der Waals surface area contributed by atoms with Crippen LogP contribution < -0.4 is 0 Å². The number of hydrogen-bond donors (Lipinski definition) is 1. The molecular formula is C13H13F3O3. The van der Waals surface area contributed by atoms with E-state index < -0.39 is 40.2 Å². The number of aliphatic carboxylic acids is 1. The molecule has 1 N–H and O–H groups in total. The third kappa shape index (κ3) is 2.47. The van der Waals surface area contributed by atoms with E-state index in [9.17, 15) is 22.8 Å². The number of benzene rings is 1. The fourth-order valence-electron chi connectivity index (χ4n) is 1.93. The predicted molar refractivity (Wildman–Crippen MR) is 61.3 cm³/mol. The topological polar surface area (TPSA) is 54.4 Å². The van der Waals surface area contributed by atoms with Crippen LogP contribution in [0.1, 0.15) is 37.0 Å². The van der Waals surface area contributed by atoms with Crippen molar-refractivity contribution in [1.29, 1.82) is 0 Å². The Morgan fingerprint density at radius 3 is 1.95 bits per heavy atom. The van der Waals surface area contributed by atoms with Crippen molar-refractivity contribution in [3.63, 3.8) is 0 Å². The molecular weight excluding hydrogens is 261 g/mol. The highest BCUT2D eigenvalue weighted by molar-refractivity contribution is 6.12. The van der Waals surface area contributed by atoms with Crippen LogP contribution in [-0.4, -0.2) is 16.9 Å². The van der Waals surface area contributed by atoms with E-state index in [-0.39, 0.29) is 18.9 Å². The lowest BCUT2D eigenvalue weighted by molar-refractivity contribution is -0.146. The molecule has 0 saturated carbocycles. The first-order valence-electron chi connectivity index (χ1n) is 5.72. The number of ketones is 1. The number of Topliss-reactive ketones (excluding diaryl/α,β-unsaturated/α-hetero) is 1. The van der Waals surface area contributed by atoms with Crippen LogP contribution in [-0.2, 0) is 4.79 Å². The standard InChI is InChI=1S/C13H13F3O3/c1-3-13(4-2,12(18)19)11(17)7-5-9(15)10(16)6-8(7)14/h5-6H,3-4H2,1-2H3,(H,18,19). The van der Waals surface area contributed by atoms with Crippen molar-refractivity contribution in [2.24, 2.45) is 5.41 Å². The van der Waals surface area contributed by atoms with Gasteiger partial charge in [-0.3, -0.25) is 9.59 Å². The molecule has 6 heteroatoms. The summed E-state index contributed by atoms with van der Waals surface area (Å²) in [6.45, 7) is 2.93. The molecule has 0 heterocycles. The zero-order valence-electron chi connectivity index (χ0n) is 10.5. The van der Waals surface area contributed by atoms with Crippen LogP contribution in [0.15, 0.2) is 12.1 Å². The molecule has 0 atom stereocenters. The monoisotopic (exact) mass is 274 g/mol. The molecule has 104 valence electrons. The highest BCUT2D eigenvalue weighted by Gasteiger charge is 2.44. The van der Waals surface area contributed by atoms with Gasteiger partial charge in [0.25, 0.3) is 0 Å². The van der Waals surface area contributed by atoms with Gasteiger partial charge < -0.3 is 5.11 Å². The minimum atomic E-state index is -1.83. The lowest BCUT2D eigenvalue weighted by Crippen LogP contribution is -2.38. The molecule has 19 heavy (non-hydrogen) atoms. The summed E-state index contributed by atoms with van der Waals surface area (Å²) in [5.41, 5.74) is -2.57. The molecule has 0 aliphatic carbocycles. The van der Waals surface area contributed by atoms with Gasteiger partial charge in [-0.2, -0.15) is 0 Å². The summed E-state index contributed by atoms with van der Waals surface area (Å²) in [4.78, 5) is 23.4. The Labute approximate surface area is 108 Å². The van der Waals surface area contributed by atoms with Gasteiger partial charge in [0, 0.05) is 6.07 Å². The minimum Gasteiger partial charge on any atom is -0.480 e. The van der Waals surface area contributed by atoms with Crippen molar-refractivity contribution in [2.45, 2.75) is 26.7 Å². The Kier molecular flexibility index (Phi) is 4.34. The lowest BCUT2D eigenvalue weighted by Gasteiger charge is -2.25. The van der Waals surface area contributed by atoms with Gasteiger partial charge in [0.2, 0.25) is 0 Å². The van der Waals surface area contributed by atoms with Crippen LogP contribution in [0.4, 0.5) is 13.2 Å². The van der Waals surface area contributed by atoms with Crippen molar-refractivity contribution >= 4 is 11.8 Å². The number of hydrogen-bond acceptors (Lipinski definition) is 2. The average Bonchev–Trinajstić information content (AvgIpc) is 2.35. The molecule has 0 radical (unpaired) electrons. The summed E-state index contributed by atoms with van der Waals surface area (Å²) in [5, 5.41) is 9.16. The van der Waals surface area contributed by atoms with Gasteiger partial charge >= 0.3 is 5.97 Å². The van der Waals surface area contributed by atoms with Crippen LogP contribution in [0.25, 0.3) is 0 Å². The van der Waals surface area contributed by atoms with Crippen molar-refractivity contribution in [3.8, 4) is 0 Å². The second-order valence-corrected chi connectivity index (χ2v) is 4.17. The first kappa shape index (κ1) is 15.2. The quantitative estimate of drug-likeness (QED) is 0.509. The van der Waals surface area contributed by atoms with E-state index in [1.165, 1.54) is 13.8 Å². The lowest BCUT2D eigenvalue weighted by atomic mass is 9.75. The number of halogens is 3. The van der Waals surface area contributed by atoms with Gasteiger partial charge in [0.15, 0.2) is 17.4 Å². The molecule has 3 nitrogen and oxygen atoms in total. The molecule has 0 fully saturated rings. The van der Waals surface area contributed by atoms with Crippen LogP contribution in [0.2, 0.25) is 0 Å². The maximum atomic E-state index is 13.5. The molecule has 1 aromatic carbocycles. The average molecular weight is 274 g/mol. The molecule has 0 bridgehead atoms. The molecule has 1 aromatic rings. The number of carbonyl (C=O) groups excluding carboxylic acids is 1. The second kappa shape index (κ2) is 5.42. The summed E-state index contributed by atoms with van der Waals surface area (Å²) < 4.78 is 39.4. The zero-order chi connectivity index (χ0) is 14.8. The first-order chi connectivity index (χ1) is 8.80. The number of rotatable bonds is 5. The Hall–Kier alpha value is -1.85. The summed E-state index contributed by atoms with van der Waals surface area (Å²) in [5.74, 6) is -6.55. The van der Waals surface area contributed by atoms with E-state index in [2.05, 4.69) is 0 Å². The number of carboxylic acid groups (broad SMARTS) is 1. The second-order valence-electron chi connectivity index (χ2n) is 4.17. The largest absolute Gasteiger partial charge is 0.480 e. The van der Waals surface area contributed by atoms with Crippen molar-refractivity contribution in [3.05, 3.63) is 35.1 Å². The Bertz CT molecular complexity index is 522. The van der Waals surface area contributed by atoms with Crippen LogP contribution in [0, 0.1) is 22.9 Å². The van der Waals surface area contributed by atoms with E-state index in [1.807, 2.05) is 0 Å². The van der Waals surface area contributed by atoms with E-state index in [4.69, 9.17) is 5.11 Å². The van der Waals surface area contributed by atoms with Gasteiger partial charge in [0.1, 0.15) is 11.2 Å². The summed E-state index contributed by atoms with van der Waals surface area (Å²) in [7, 11) is 0. The highest BCUT2D eigenvalue weighted by atomic mass is 19.2. The summed E-state index contributed by atoms with van der Waals surface area (Å²) in [6.07, 6.45) is -0.147. The Morgan fingerprint density at radius 1 is 1.05 bits per heavy atom. The van der Waals surface area contributed by atoms with Gasteiger partial charge in [-0.25, -0.2) is 13.2 Å². The third-order valence-corrected chi connectivity index (χ3v) is 3.31. The third-order valence-electron chi connectivity index (χ3n) is 3.31. The van der Waals surface area contributed by atoms with Gasteiger partial charge in [-0.15, -0.1) is 0 Å². The molecule has 0 spiro atoms. The Morgan fingerprint density at radius 2 is 1.53 bits per heavy atom. The Balaban J connectivity index is 3.40. The predicted octanol–water partition coefficient (Wildman–Crippen LogP) is 3.18. The molecule has 0 aromatic heterocycles. The van der Waals surface area contributed by atoms with Crippen molar-refractivity contribution < 1.29 is 27.9 Å². The van der Waals surface area contributed by atoms with E-state index >= 15 is 0 Å². The first-order valence-corrected chi connectivity index (χ1v) is 5.72. The number of carboxylic acids is 1. The summed E-state index contributed by atoms with van der Waals surface area (Å²) >= 11 is 0. The molecule has 0 amide bonds. The van der Waals surface area contributed by atoms with Crippen molar-refractivity contribution in [2.75, 3.05) is 0 Å². The van der Waals surface area contributed by atoms with E-state index in [1.54, 1.807) is 0 Å². The number of carbonyl (C=O) groups is 2. The van der Waals surface area contributed by atoms with E-state index in [0.717, 1.165) is 0 Å². The van der Waals surface area contributed by atoms with Crippen LogP contribution >= 0.6 is 0 Å². The normalized spacial score (nSPS) is 11.4. The zero-order valence-corrected chi connectivity index (χ0v) is 10.5. The SMILES string of the molecule is CCC(CC)(C(=O)O)C(=O)c1cc(F)c(F)cc1F. The van der Waals surface area contributed by atoms with Crippen molar-refractivity contribution in [1.82, 2.24) is 0 Å². The smallest absolute Gasteiger partial charge is 0.317 e. The molecule has 0 aliphatic heterocycles. The van der Waals surface area contributed by atoms with Gasteiger partial charge in [-0.1, -0.05) is 13.8 Å².